The van der Waals surface area contributed by atoms with E-state index in [4.69, 9.17) is 9.84 Å². The summed E-state index contributed by atoms with van der Waals surface area (Å²) in [5, 5.41) is 7.73. The molecule has 2 rings (SSSR count). The molecule has 0 spiro atoms. The first-order valence-corrected chi connectivity index (χ1v) is 6.53. The fraction of sp³-hybridized carbons (Fsp3) is 0.0909. The normalized spacial score (nSPS) is 16.7. The summed E-state index contributed by atoms with van der Waals surface area (Å²) in [7, 11) is -4.09. The van der Waals surface area contributed by atoms with Gasteiger partial charge >= 0.3 is 5.97 Å². The number of rotatable bonds is 4. The molecule has 8 heteroatoms. The van der Waals surface area contributed by atoms with E-state index < -0.39 is 26.7 Å². The number of nitrogens with zero attached hydrogens (tertiary/aromatic N) is 1. The van der Waals surface area contributed by atoms with E-state index in [-0.39, 0.29) is 17.3 Å². The predicted octanol–water partition coefficient (Wildman–Crippen LogP) is 0.957. The molecule has 0 aliphatic carbocycles. The first kappa shape index (κ1) is 13.2. The molecule has 0 aromatic heterocycles. The van der Waals surface area contributed by atoms with Gasteiger partial charge < -0.3 is 9.84 Å². The molecule has 0 atom stereocenters. The standard InChI is InChI=1S/C11H8FNO5S/c12-7-1-3-8(4-2-7)18-6-9-5-13-10(11(14)15)19(9,16)17/h1-5H,6H2,(H,14,15). The van der Waals surface area contributed by atoms with E-state index in [1.54, 1.807) is 0 Å². The Balaban J connectivity index is 2.07. The lowest BCUT2D eigenvalue weighted by Crippen LogP contribution is -2.24. The van der Waals surface area contributed by atoms with Gasteiger partial charge in [0, 0.05) is 6.20 Å². The molecule has 1 N–H and O–H groups in total. The minimum absolute atomic E-state index is 0.255. The van der Waals surface area contributed by atoms with Crippen molar-refractivity contribution in [2.75, 3.05) is 6.61 Å². The number of aliphatic carboxylic acids is 1. The highest BCUT2D eigenvalue weighted by atomic mass is 32.2. The number of carbonyl (C=O) groups is 1. The van der Waals surface area contributed by atoms with E-state index in [0.717, 1.165) is 18.3 Å². The molecule has 6 nitrogen and oxygen atoms in total. The zero-order valence-electron chi connectivity index (χ0n) is 9.41. The van der Waals surface area contributed by atoms with Crippen molar-refractivity contribution in [1.29, 1.82) is 0 Å². The highest BCUT2D eigenvalue weighted by Gasteiger charge is 2.35. The van der Waals surface area contributed by atoms with E-state index in [0.29, 0.717) is 0 Å². The summed E-state index contributed by atoms with van der Waals surface area (Å²) in [6.45, 7) is -0.367. The molecule has 0 bridgehead atoms. The van der Waals surface area contributed by atoms with Gasteiger partial charge in [-0.3, -0.25) is 0 Å². The largest absolute Gasteiger partial charge is 0.488 e. The molecule has 100 valence electrons. The van der Waals surface area contributed by atoms with Crippen LogP contribution in [-0.2, 0) is 14.6 Å². The van der Waals surface area contributed by atoms with Crippen molar-refractivity contribution in [2.24, 2.45) is 4.99 Å². The summed E-state index contributed by atoms with van der Waals surface area (Å²) < 4.78 is 41.2. The summed E-state index contributed by atoms with van der Waals surface area (Å²) in [6.07, 6.45) is 0.933. The quantitative estimate of drug-likeness (QED) is 0.889. The van der Waals surface area contributed by atoms with Gasteiger partial charge in [-0.15, -0.1) is 0 Å². The molecule has 1 aromatic carbocycles. The molecule has 0 unspecified atom stereocenters. The van der Waals surface area contributed by atoms with Crippen LogP contribution in [0.2, 0.25) is 0 Å². The van der Waals surface area contributed by atoms with E-state index in [1.165, 1.54) is 12.1 Å². The van der Waals surface area contributed by atoms with Crippen LogP contribution in [0.4, 0.5) is 4.39 Å². The predicted molar refractivity (Wildman–Crippen MR) is 64.0 cm³/mol. The van der Waals surface area contributed by atoms with Gasteiger partial charge in [0.25, 0.3) is 0 Å². The van der Waals surface area contributed by atoms with Gasteiger partial charge in [-0.2, -0.15) is 0 Å². The average molecular weight is 285 g/mol. The fourth-order valence-electron chi connectivity index (χ4n) is 1.36. The molecule has 0 saturated heterocycles. The SMILES string of the molecule is O=C(O)C1=NC=C(COc2ccc(F)cc2)S1(=O)=O. The lowest BCUT2D eigenvalue weighted by Gasteiger charge is -2.06. The van der Waals surface area contributed by atoms with Crippen molar-refractivity contribution in [2.45, 2.75) is 0 Å². The molecule has 1 heterocycles. The highest BCUT2D eigenvalue weighted by molar-refractivity contribution is 8.11. The molecule has 0 fully saturated rings. The Bertz CT molecular complexity index is 676. The van der Waals surface area contributed by atoms with Crippen molar-refractivity contribution < 1.29 is 27.4 Å². The second kappa shape index (κ2) is 4.81. The first-order valence-electron chi connectivity index (χ1n) is 5.05. The number of ether oxygens (including phenoxy) is 1. The Morgan fingerprint density at radius 3 is 2.47 bits per heavy atom. The number of sulfone groups is 1. The van der Waals surface area contributed by atoms with Gasteiger partial charge in [0.2, 0.25) is 14.9 Å². The third-order valence-corrected chi connectivity index (χ3v) is 4.01. The third-order valence-electron chi connectivity index (χ3n) is 2.30. The van der Waals surface area contributed by atoms with Crippen LogP contribution in [0.25, 0.3) is 0 Å². The smallest absolute Gasteiger partial charge is 0.366 e. The molecule has 0 radical (unpaired) electrons. The average Bonchev–Trinajstić information content (AvgIpc) is 2.64. The summed E-state index contributed by atoms with van der Waals surface area (Å²) in [5.74, 6) is -1.80. The van der Waals surface area contributed by atoms with E-state index in [2.05, 4.69) is 4.99 Å². The van der Waals surface area contributed by atoms with Gasteiger partial charge in [0.05, 0.1) is 0 Å². The minimum Gasteiger partial charge on any atom is -0.488 e. The highest BCUT2D eigenvalue weighted by Crippen LogP contribution is 2.19. The summed E-state index contributed by atoms with van der Waals surface area (Å²) >= 11 is 0. The minimum atomic E-state index is -4.09. The lowest BCUT2D eigenvalue weighted by atomic mass is 10.3. The maximum Gasteiger partial charge on any atom is 0.366 e. The molecule has 1 aliphatic heterocycles. The maximum absolute atomic E-state index is 12.6. The molecule has 1 aromatic rings. The van der Waals surface area contributed by atoms with E-state index >= 15 is 0 Å². The molecular formula is C11H8FNO5S. The summed E-state index contributed by atoms with van der Waals surface area (Å²) in [5.41, 5.74) is 0. The number of carboxylic acid groups (broad SMARTS) is 1. The van der Waals surface area contributed by atoms with E-state index in [1.807, 2.05) is 0 Å². The van der Waals surface area contributed by atoms with Crippen molar-refractivity contribution in [3.8, 4) is 5.75 Å². The maximum atomic E-state index is 12.6. The van der Waals surface area contributed by atoms with Crippen LogP contribution >= 0.6 is 0 Å². The van der Waals surface area contributed by atoms with E-state index in [9.17, 15) is 17.6 Å². The Morgan fingerprint density at radius 1 is 1.32 bits per heavy atom. The Kier molecular flexibility index (Phi) is 3.34. The molecule has 0 amide bonds. The second-order valence-electron chi connectivity index (χ2n) is 3.58. The number of aliphatic imine (C=N–C) groups is 1. The van der Waals surface area contributed by atoms with Crippen LogP contribution in [0.3, 0.4) is 0 Å². The van der Waals surface area contributed by atoms with Gasteiger partial charge in [-0.25, -0.2) is 22.6 Å². The number of hydrogen-bond acceptors (Lipinski definition) is 5. The van der Waals surface area contributed by atoms with Crippen molar-refractivity contribution in [3.05, 3.63) is 41.2 Å². The van der Waals surface area contributed by atoms with Gasteiger partial charge in [-0.05, 0) is 24.3 Å². The first-order chi connectivity index (χ1) is 8.91. The van der Waals surface area contributed by atoms with Crippen molar-refractivity contribution >= 4 is 20.9 Å². The van der Waals surface area contributed by atoms with Crippen LogP contribution in [0.15, 0.2) is 40.4 Å². The van der Waals surface area contributed by atoms with Crippen molar-refractivity contribution in [1.82, 2.24) is 0 Å². The number of benzene rings is 1. The van der Waals surface area contributed by atoms with Gasteiger partial charge in [0.15, 0.2) is 0 Å². The van der Waals surface area contributed by atoms with Crippen molar-refractivity contribution in [3.63, 3.8) is 0 Å². The van der Waals surface area contributed by atoms with Crippen LogP contribution in [0.1, 0.15) is 0 Å². The summed E-state index contributed by atoms with van der Waals surface area (Å²) in [4.78, 5) is 13.7. The van der Waals surface area contributed by atoms with Crippen LogP contribution < -0.4 is 4.74 Å². The molecule has 0 saturated carbocycles. The molecule has 1 aliphatic rings. The fourth-order valence-corrected chi connectivity index (χ4v) is 2.44. The van der Waals surface area contributed by atoms with Gasteiger partial charge in [0.1, 0.15) is 23.1 Å². The Labute approximate surface area is 107 Å². The monoisotopic (exact) mass is 285 g/mol. The Morgan fingerprint density at radius 2 is 1.95 bits per heavy atom. The van der Waals surface area contributed by atoms with Gasteiger partial charge in [-0.1, -0.05) is 0 Å². The van der Waals surface area contributed by atoms with Crippen LogP contribution in [0, 0.1) is 5.82 Å². The number of halogens is 1. The van der Waals surface area contributed by atoms with Crippen LogP contribution in [0.5, 0.6) is 5.75 Å². The zero-order valence-corrected chi connectivity index (χ0v) is 10.2. The Hall–Kier alpha value is -2.22. The lowest BCUT2D eigenvalue weighted by molar-refractivity contribution is -0.129. The number of hydrogen-bond donors (Lipinski definition) is 1. The molecule has 19 heavy (non-hydrogen) atoms. The summed E-state index contributed by atoms with van der Waals surface area (Å²) in [6, 6.07) is 4.98. The zero-order chi connectivity index (χ0) is 14.0. The topological polar surface area (TPSA) is 93.0 Å². The van der Waals surface area contributed by atoms with Crippen LogP contribution in [-0.4, -0.2) is 31.1 Å². The molecular weight excluding hydrogens is 277 g/mol. The number of carboxylic acids is 1. The second-order valence-corrected chi connectivity index (χ2v) is 5.50. The third kappa shape index (κ3) is 2.63.